The molecule has 2 unspecified atom stereocenters. The fourth-order valence-corrected chi connectivity index (χ4v) is 5.86. The number of carbonyl (C=O) groups excluding carboxylic acids is 1. The number of nitrogens with one attached hydrogen (secondary N) is 2. The molecule has 0 radical (unpaired) electrons. The predicted octanol–water partition coefficient (Wildman–Crippen LogP) is 3.49. The lowest BCUT2D eigenvalue weighted by atomic mass is 9.85. The van der Waals surface area contributed by atoms with Crippen LogP contribution in [0.5, 0.6) is 0 Å². The number of hydrogen-bond donors (Lipinski definition) is 2. The predicted molar refractivity (Wildman–Crippen MR) is 151 cm³/mol. The van der Waals surface area contributed by atoms with Gasteiger partial charge >= 0.3 is 6.03 Å². The van der Waals surface area contributed by atoms with Crippen molar-refractivity contribution >= 4 is 29.2 Å². The molecule has 2 atom stereocenters. The van der Waals surface area contributed by atoms with Crippen LogP contribution in [-0.2, 0) is 6.54 Å². The van der Waals surface area contributed by atoms with Gasteiger partial charge in [-0.2, -0.15) is 4.98 Å². The van der Waals surface area contributed by atoms with Gasteiger partial charge in [-0.15, -0.1) is 0 Å². The smallest absolute Gasteiger partial charge is 0.325 e. The van der Waals surface area contributed by atoms with Crippen LogP contribution in [-0.4, -0.2) is 85.2 Å². The molecule has 2 amide bonds. The first-order valence-electron chi connectivity index (χ1n) is 13.5. The molecule has 0 saturated carbocycles. The number of amides is 2. The van der Waals surface area contributed by atoms with E-state index in [-0.39, 0.29) is 18.0 Å². The number of fused-ring (bicyclic) bond motifs is 1. The number of piperidine rings is 1. The molecule has 3 aliphatic rings. The van der Waals surface area contributed by atoms with Crippen molar-refractivity contribution in [1.29, 1.82) is 0 Å². The molecule has 2 N–H and O–H groups in total. The molecule has 4 heterocycles. The molecule has 198 valence electrons. The van der Waals surface area contributed by atoms with Gasteiger partial charge in [-0.25, -0.2) is 9.78 Å². The van der Waals surface area contributed by atoms with Gasteiger partial charge in [0.2, 0.25) is 5.95 Å². The van der Waals surface area contributed by atoms with Gasteiger partial charge in [0.1, 0.15) is 5.82 Å². The first kappa shape index (κ1) is 24.6. The van der Waals surface area contributed by atoms with Gasteiger partial charge in [-0.1, -0.05) is 30.3 Å². The van der Waals surface area contributed by atoms with Crippen molar-refractivity contribution in [3.05, 3.63) is 71.9 Å². The van der Waals surface area contributed by atoms with Gasteiger partial charge < -0.3 is 25.3 Å². The molecule has 2 aromatic carbocycles. The second kappa shape index (κ2) is 10.6. The van der Waals surface area contributed by atoms with Crippen LogP contribution < -0.4 is 20.4 Å². The summed E-state index contributed by atoms with van der Waals surface area (Å²) in [5, 5.41) is 6.83. The number of urea groups is 1. The molecule has 0 aliphatic carbocycles. The summed E-state index contributed by atoms with van der Waals surface area (Å²) < 4.78 is 0. The summed E-state index contributed by atoms with van der Waals surface area (Å²) in [4.78, 5) is 31.4. The standard InChI is InChI=1S/C29H36N8O/c1-34-14-16-36(17-15-34)24-10-8-23(9-11-24)32-28-31-18-22-20-37(29(38)35(2)27(22)33-28)26-12-13-30-19-25(26)21-6-4-3-5-7-21/h3-11,18,25-26,30H,12-17,19-20H2,1-2H3,(H,31,32,33). The van der Waals surface area contributed by atoms with Crippen molar-refractivity contribution in [1.82, 2.24) is 25.1 Å². The van der Waals surface area contributed by atoms with E-state index in [2.05, 4.69) is 81.0 Å². The van der Waals surface area contributed by atoms with E-state index in [1.54, 1.807) is 4.90 Å². The zero-order valence-corrected chi connectivity index (χ0v) is 22.2. The minimum Gasteiger partial charge on any atom is -0.369 e. The van der Waals surface area contributed by atoms with Gasteiger partial charge in [0.05, 0.1) is 6.54 Å². The van der Waals surface area contributed by atoms with E-state index in [0.717, 1.165) is 56.9 Å². The maximum atomic E-state index is 13.6. The van der Waals surface area contributed by atoms with Crippen LogP contribution in [0, 0.1) is 0 Å². The Balaban J connectivity index is 1.17. The van der Waals surface area contributed by atoms with E-state index >= 15 is 0 Å². The minimum atomic E-state index is -0.00786. The first-order chi connectivity index (χ1) is 18.6. The number of piperazine rings is 1. The molecule has 3 aromatic rings. The molecular weight excluding hydrogens is 476 g/mol. The highest BCUT2D eigenvalue weighted by molar-refractivity contribution is 5.93. The normalized spacial score (nSPS) is 22.4. The Morgan fingerprint density at radius 2 is 1.74 bits per heavy atom. The fraction of sp³-hybridized carbons (Fsp3) is 0.414. The van der Waals surface area contributed by atoms with Gasteiger partial charge in [-0.3, -0.25) is 4.90 Å². The Morgan fingerprint density at radius 1 is 0.974 bits per heavy atom. The summed E-state index contributed by atoms with van der Waals surface area (Å²) in [7, 11) is 3.98. The third-order valence-electron chi connectivity index (χ3n) is 8.10. The molecule has 3 aliphatic heterocycles. The summed E-state index contributed by atoms with van der Waals surface area (Å²) in [6, 6.07) is 19.0. The zero-order chi connectivity index (χ0) is 26.1. The maximum Gasteiger partial charge on any atom is 0.325 e. The number of rotatable bonds is 5. The van der Waals surface area contributed by atoms with Gasteiger partial charge in [0.25, 0.3) is 0 Å². The summed E-state index contributed by atoms with van der Waals surface area (Å²) in [5.41, 5.74) is 4.38. The topological polar surface area (TPSA) is 79.9 Å². The van der Waals surface area contributed by atoms with Crippen molar-refractivity contribution in [2.45, 2.75) is 24.9 Å². The second-order valence-corrected chi connectivity index (χ2v) is 10.6. The number of carbonyl (C=O) groups is 1. The lowest BCUT2D eigenvalue weighted by molar-refractivity contribution is 0.145. The number of benzene rings is 2. The minimum absolute atomic E-state index is 0.00786. The van der Waals surface area contributed by atoms with Crippen LogP contribution in [0.2, 0.25) is 0 Å². The van der Waals surface area contributed by atoms with E-state index in [1.807, 2.05) is 24.2 Å². The Morgan fingerprint density at radius 3 is 2.50 bits per heavy atom. The summed E-state index contributed by atoms with van der Waals surface area (Å²) >= 11 is 0. The highest BCUT2D eigenvalue weighted by atomic mass is 16.2. The third kappa shape index (κ3) is 4.91. The van der Waals surface area contributed by atoms with Crippen LogP contribution in [0.4, 0.5) is 27.9 Å². The van der Waals surface area contributed by atoms with E-state index in [4.69, 9.17) is 4.98 Å². The van der Waals surface area contributed by atoms with Crippen molar-refractivity contribution in [3.63, 3.8) is 0 Å². The summed E-state index contributed by atoms with van der Waals surface area (Å²) in [6.45, 7) is 6.53. The number of anilines is 4. The molecule has 9 nitrogen and oxygen atoms in total. The van der Waals surface area contributed by atoms with Crippen molar-refractivity contribution in [2.24, 2.45) is 0 Å². The third-order valence-corrected chi connectivity index (χ3v) is 8.10. The van der Waals surface area contributed by atoms with E-state index in [0.29, 0.717) is 18.3 Å². The van der Waals surface area contributed by atoms with Gasteiger partial charge in [0, 0.05) is 74.9 Å². The highest BCUT2D eigenvalue weighted by Crippen LogP contribution is 2.34. The van der Waals surface area contributed by atoms with Crippen molar-refractivity contribution in [3.8, 4) is 0 Å². The lowest BCUT2D eigenvalue weighted by Crippen LogP contribution is -2.55. The number of nitrogens with zero attached hydrogens (tertiary/aromatic N) is 6. The summed E-state index contributed by atoms with van der Waals surface area (Å²) in [6.07, 6.45) is 2.77. The van der Waals surface area contributed by atoms with Gasteiger partial charge in [0.15, 0.2) is 0 Å². The van der Waals surface area contributed by atoms with Crippen LogP contribution >= 0.6 is 0 Å². The number of aromatic nitrogens is 2. The van der Waals surface area contributed by atoms with Crippen LogP contribution in [0.3, 0.4) is 0 Å². The zero-order valence-electron chi connectivity index (χ0n) is 22.2. The van der Waals surface area contributed by atoms with E-state index in [9.17, 15) is 4.79 Å². The Bertz CT molecular complexity index is 1260. The van der Waals surface area contributed by atoms with E-state index in [1.165, 1.54) is 11.3 Å². The molecule has 0 bridgehead atoms. The lowest BCUT2D eigenvalue weighted by Gasteiger charge is -2.44. The molecule has 6 rings (SSSR count). The Labute approximate surface area is 224 Å². The van der Waals surface area contributed by atoms with Crippen molar-refractivity contribution < 1.29 is 4.79 Å². The molecular formula is C29H36N8O. The molecule has 38 heavy (non-hydrogen) atoms. The second-order valence-electron chi connectivity index (χ2n) is 10.6. The molecule has 2 saturated heterocycles. The largest absolute Gasteiger partial charge is 0.369 e. The average molecular weight is 513 g/mol. The number of hydrogen-bond acceptors (Lipinski definition) is 7. The fourth-order valence-electron chi connectivity index (χ4n) is 5.86. The summed E-state index contributed by atoms with van der Waals surface area (Å²) in [5.74, 6) is 1.41. The first-order valence-corrected chi connectivity index (χ1v) is 13.5. The van der Waals surface area contributed by atoms with E-state index < -0.39 is 0 Å². The van der Waals surface area contributed by atoms with Gasteiger partial charge in [-0.05, 0) is 49.8 Å². The maximum absolute atomic E-state index is 13.6. The van der Waals surface area contributed by atoms with Crippen LogP contribution in [0.25, 0.3) is 0 Å². The molecule has 1 aromatic heterocycles. The highest BCUT2D eigenvalue weighted by Gasteiger charge is 2.39. The molecule has 9 heteroatoms. The van der Waals surface area contributed by atoms with Crippen LogP contribution in [0.1, 0.15) is 23.5 Å². The quantitative estimate of drug-likeness (QED) is 0.542. The number of likely N-dealkylation sites (N-methyl/N-ethyl adjacent to an activating group) is 1. The van der Waals surface area contributed by atoms with Crippen LogP contribution in [0.15, 0.2) is 60.8 Å². The SMILES string of the molecule is CN1CCN(c2ccc(Nc3ncc4c(n3)N(C)C(=O)N(C3CCNCC3c3ccccc3)C4)cc2)CC1. The van der Waals surface area contributed by atoms with Crippen molar-refractivity contribution in [2.75, 3.05) is 68.5 Å². The Hall–Kier alpha value is -3.69. The molecule has 2 fully saturated rings. The molecule has 0 spiro atoms. The Kier molecular flexibility index (Phi) is 6.86. The monoisotopic (exact) mass is 512 g/mol. The average Bonchev–Trinajstić information content (AvgIpc) is 2.96.